The first kappa shape index (κ1) is 11.0. The average molecular weight is 224 g/mol. The molecule has 0 spiro atoms. The molecule has 0 radical (unpaired) electrons. The Morgan fingerprint density at radius 3 is 2.88 bits per heavy atom. The normalized spacial score (nSPS) is 20.9. The van der Waals surface area contributed by atoms with E-state index in [0.29, 0.717) is 13.1 Å². The molecule has 1 fully saturated rings. The fraction of sp³-hybridized carbons (Fsp3) is 0.545. The van der Waals surface area contributed by atoms with E-state index in [1.165, 1.54) is 0 Å². The van der Waals surface area contributed by atoms with Gasteiger partial charge in [-0.25, -0.2) is 4.79 Å². The SMILES string of the molecule is Cc1ccc(C2CN(CCO)C(=O)N2C)o1. The van der Waals surface area contributed by atoms with Crippen LogP contribution in [0.25, 0.3) is 0 Å². The van der Waals surface area contributed by atoms with Gasteiger partial charge in [-0.05, 0) is 19.1 Å². The minimum absolute atomic E-state index is 0.0104. The summed E-state index contributed by atoms with van der Waals surface area (Å²) in [5, 5.41) is 8.86. The molecule has 2 amide bonds. The predicted molar refractivity (Wildman–Crippen MR) is 58.0 cm³/mol. The minimum atomic E-state index is -0.0619. The third-order valence-corrected chi connectivity index (χ3v) is 2.89. The van der Waals surface area contributed by atoms with E-state index in [-0.39, 0.29) is 18.7 Å². The molecule has 1 aromatic heterocycles. The van der Waals surface area contributed by atoms with Crippen LogP contribution in [0.1, 0.15) is 17.6 Å². The number of aryl methyl sites for hydroxylation is 1. The van der Waals surface area contributed by atoms with Crippen molar-refractivity contribution in [3.8, 4) is 0 Å². The highest BCUT2D eigenvalue weighted by Crippen LogP contribution is 2.28. The maximum absolute atomic E-state index is 11.8. The van der Waals surface area contributed by atoms with Gasteiger partial charge in [0.1, 0.15) is 17.6 Å². The molecule has 1 atom stereocenters. The third kappa shape index (κ3) is 1.78. The van der Waals surface area contributed by atoms with Gasteiger partial charge in [0.25, 0.3) is 0 Å². The Morgan fingerprint density at radius 1 is 1.56 bits per heavy atom. The summed E-state index contributed by atoms with van der Waals surface area (Å²) >= 11 is 0. The lowest BCUT2D eigenvalue weighted by Crippen LogP contribution is -2.31. The van der Waals surface area contributed by atoms with E-state index in [9.17, 15) is 4.79 Å². The van der Waals surface area contributed by atoms with Gasteiger partial charge in [0.15, 0.2) is 0 Å². The molecule has 88 valence electrons. The first-order valence-electron chi connectivity index (χ1n) is 5.32. The summed E-state index contributed by atoms with van der Waals surface area (Å²) in [6, 6.07) is 3.68. The molecule has 2 heterocycles. The number of nitrogens with zero attached hydrogens (tertiary/aromatic N) is 2. The molecule has 5 heteroatoms. The zero-order valence-corrected chi connectivity index (χ0v) is 9.51. The molecule has 1 N–H and O–H groups in total. The Hall–Kier alpha value is -1.49. The van der Waals surface area contributed by atoms with E-state index in [1.807, 2.05) is 19.1 Å². The number of likely N-dealkylation sites (N-methyl/N-ethyl adjacent to an activating group) is 1. The zero-order valence-electron chi connectivity index (χ0n) is 9.51. The molecule has 1 aliphatic rings. The van der Waals surface area contributed by atoms with Crippen molar-refractivity contribution < 1.29 is 14.3 Å². The van der Waals surface area contributed by atoms with Gasteiger partial charge in [-0.3, -0.25) is 0 Å². The van der Waals surface area contributed by atoms with Crippen molar-refractivity contribution in [1.82, 2.24) is 9.80 Å². The number of carbonyl (C=O) groups excluding carboxylic acids is 1. The fourth-order valence-corrected chi connectivity index (χ4v) is 1.99. The van der Waals surface area contributed by atoms with Crippen molar-refractivity contribution in [3.05, 3.63) is 23.7 Å². The van der Waals surface area contributed by atoms with Gasteiger partial charge in [0.2, 0.25) is 0 Å². The first-order chi connectivity index (χ1) is 7.63. The number of carbonyl (C=O) groups is 1. The smallest absolute Gasteiger partial charge is 0.320 e. The first-order valence-corrected chi connectivity index (χ1v) is 5.32. The Kier molecular flexibility index (Phi) is 2.87. The highest BCUT2D eigenvalue weighted by molar-refractivity contribution is 5.77. The molecular formula is C11H16N2O3. The van der Waals surface area contributed by atoms with Gasteiger partial charge in [0, 0.05) is 13.6 Å². The monoisotopic (exact) mass is 224 g/mol. The van der Waals surface area contributed by atoms with E-state index in [4.69, 9.17) is 9.52 Å². The topological polar surface area (TPSA) is 56.9 Å². The molecule has 0 saturated carbocycles. The Morgan fingerprint density at radius 2 is 2.31 bits per heavy atom. The standard InChI is InChI=1S/C11H16N2O3/c1-8-3-4-10(16-8)9-7-13(5-6-14)11(15)12(9)2/h3-4,9,14H,5-7H2,1-2H3. The van der Waals surface area contributed by atoms with Crippen molar-refractivity contribution >= 4 is 6.03 Å². The van der Waals surface area contributed by atoms with Crippen LogP contribution in [0.5, 0.6) is 0 Å². The highest BCUT2D eigenvalue weighted by atomic mass is 16.3. The number of β-amino-alcohol motifs (C(OH)–C–C–N with tert-alkyl or cyclic N) is 1. The lowest BCUT2D eigenvalue weighted by molar-refractivity contribution is 0.182. The molecule has 1 aliphatic heterocycles. The third-order valence-electron chi connectivity index (χ3n) is 2.89. The lowest BCUT2D eigenvalue weighted by Gasteiger charge is -2.15. The number of hydrogen-bond acceptors (Lipinski definition) is 3. The second-order valence-electron chi connectivity index (χ2n) is 4.03. The average Bonchev–Trinajstić information content (AvgIpc) is 2.78. The van der Waals surface area contributed by atoms with Crippen LogP contribution < -0.4 is 0 Å². The molecule has 1 aromatic rings. The van der Waals surface area contributed by atoms with Crippen molar-refractivity contribution in [1.29, 1.82) is 0 Å². The maximum Gasteiger partial charge on any atom is 0.320 e. The molecule has 1 saturated heterocycles. The van der Waals surface area contributed by atoms with E-state index in [2.05, 4.69) is 0 Å². The van der Waals surface area contributed by atoms with Gasteiger partial charge >= 0.3 is 6.03 Å². The quantitative estimate of drug-likeness (QED) is 0.833. The van der Waals surface area contributed by atoms with Gasteiger partial charge in [-0.1, -0.05) is 0 Å². The lowest BCUT2D eigenvalue weighted by atomic mass is 10.2. The van der Waals surface area contributed by atoms with Crippen molar-refractivity contribution in [3.63, 3.8) is 0 Å². The summed E-state index contributed by atoms with van der Waals surface area (Å²) in [6.07, 6.45) is 0. The number of furan rings is 1. The van der Waals surface area contributed by atoms with Crippen molar-refractivity contribution in [2.75, 3.05) is 26.7 Å². The van der Waals surface area contributed by atoms with Crippen LogP contribution in [0.4, 0.5) is 4.79 Å². The summed E-state index contributed by atoms with van der Waals surface area (Å²) < 4.78 is 5.53. The van der Waals surface area contributed by atoms with Crippen LogP contribution in [0.3, 0.4) is 0 Å². The molecule has 5 nitrogen and oxygen atoms in total. The van der Waals surface area contributed by atoms with Crippen LogP contribution >= 0.6 is 0 Å². The van der Waals surface area contributed by atoms with E-state index in [1.54, 1.807) is 16.8 Å². The Labute approximate surface area is 94.2 Å². The number of urea groups is 1. The summed E-state index contributed by atoms with van der Waals surface area (Å²) in [6.45, 7) is 2.82. The minimum Gasteiger partial charge on any atom is -0.464 e. The molecule has 2 rings (SSSR count). The van der Waals surface area contributed by atoms with E-state index in [0.717, 1.165) is 11.5 Å². The summed E-state index contributed by atoms with van der Waals surface area (Å²) in [5.41, 5.74) is 0. The highest BCUT2D eigenvalue weighted by Gasteiger charge is 2.36. The molecule has 0 aliphatic carbocycles. The largest absolute Gasteiger partial charge is 0.464 e. The van der Waals surface area contributed by atoms with Crippen LogP contribution in [-0.4, -0.2) is 47.7 Å². The second kappa shape index (κ2) is 4.17. The number of amides is 2. The maximum atomic E-state index is 11.8. The molecule has 16 heavy (non-hydrogen) atoms. The van der Waals surface area contributed by atoms with Crippen LogP contribution in [0.15, 0.2) is 16.5 Å². The Balaban J connectivity index is 2.15. The van der Waals surface area contributed by atoms with Gasteiger partial charge in [0.05, 0.1) is 13.2 Å². The van der Waals surface area contributed by atoms with Crippen LogP contribution in [0, 0.1) is 6.92 Å². The summed E-state index contributed by atoms with van der Waals surface area (Å²) in [4.78, 5) is 15.1. The van der Waals surface area contributed by atoms with Crippen LogP contribution in [-0.2, 0) is 0 Å². The van der Waals surface area contributed by atoms with Crippen molar-refractivity contribution in [2.24, 2.45) is 0 Å². The summed E-state index contributed by atoms with van der Waals surface area (Å²) in [5.74, 6) is 1.64. The predicted octanol–water partition coefficient (Wildman–Crippen LogP) is 0.989. The van der Waals surface area contributed by atoms with E-state index < -0.39 is 0 Å². The van der Waals surface area contributed by atoms with E-state index >= 15 is 0 Å². The zero-order chi connectivity index (χ0) is 11.7. The molecule has 0 bridgehead atoms. The molecule has 1 unspecified atom stereocenters. The Bertz CT molecular complexity index is 388. The van der Waals surface area contributed by atoms with Crippen molar-refractivity contribution in [2.45, 2.75) is 13.0 Å². The number of aliphatic hydroxyl groups is 1. The van der Waals surface area contributed by atoms with Crippen LogP contribution in [0.2, 0.25) is 0 Å². The number of hydrogen-bond donors (Lipinski definition) is 1. The fourth-order valence-electron chi connectivity index (χ4n) is 1.99. The van der Waals surface area contributed by atoms with Gasteiger partial charge < -0.3 is 19.3 Å². The molecular weight excluding hydrogens is 208 g/mol. The summed E-state index contributed by atoms with van der Waals surface area (Å²) in [7, 11) is 1.75. The van der Waals surface area contributed by atoms with Gasteiger partial charge in [-0.15, -0.1) is 0 Å². The second-order valence-corrected chi connectivity index (χ2v) is 4.03. The number of rotatable bonds is 3. The molecule has 0 aromatic carbocycles. The van der Waals surface area contributed by atoms with Gasteiger partial charge in [-0.2, -0.15) is 0 Å². The number of aliphatic hydroxyl groups excluding tert-OH is 1.